The summed E-state index contributed by atoms with van der Waals surface area (Å²) in [6, 6.07) is 5.17. The summed E-state index contributed by atoms with van der Waals surface area (Å²) >= 11 is 3.30. The minimum Gasteiger partial charge on any atom is -0.339 e. The largest absolute Gasteiger partial charge is 0.339 e. The Morgan fingerprint density at radius 3 is 2.90 bits per heavy atom. The van der Waals surface area contributed by atoms with Gasteiger partial charge in [-0.25, -0.2) is 0 Å². The highest BCUT2D eigenvalue weighted by Gasteiger charge is 2.36. The van der Waals surface area contributed by atoms with Crippen LogP contribution in [0, 0.1) is 0 Å². The number of nitrogens with zero attached hydrogens (tertiary/aromatic N) is 3. The first-order valence-corrected chi connectivity index (χ1v) is 7.36. The summed E-state index contributed by atoms with van der Waals surface area (Å²) in [6.07, 6.45) is 1.60. The third-order valence-corrected chi connectivity index (χ3v) is 3.70. The summed E-state index contributed by atoms with van der Waals surface area (Å²) < 4.78 is 5.85. The number of halogens is 1. The van der Waals surface area contributed by atoms with Crippen LogP contribution in [-0.4, -0.2) is 21.8 Å². The lowest BCUT2D eigenvalue weighted by atomic mass is 10.1. The second-order valence-corrected chi connectivity index (χ2v) is 5.65. The van der Waals surface area contributed by atoms with Gasteiger partial charge >= 0.3 is 0 Å². The molecule has 3 rings (SSSR count). The first-order valence-electron chi connectivity index (χ1n) is 6.57. The predicted molar refractivity (Wildman–Crippen MR) is 78.0 cm³/mol. The number of ketones is 1. The van der Waals surface area contributed by atoms with Crippen LogP contribution in [0.1, 0.15) is 35.4 Å². The molecule has 108 valence electrons. The minimum absolute atomic E-state index is 0.131. The van der Waals surface area contributed by atoms with Crippen LogP contribution in [0.2, 0.25) is 0 Å². The van der Waals surface area contributed by atoms with Crippen molar-refractivity contribution < 1.29 is 14.1 Å². The molecule has 1 aliphatic rings. The number of anilines is 1. The lowest BCUT2D eigenvalue weighted by Crippen LogP contribution is -2.29. The zero-order chi connectivity index (χ0) is 15.0. The Balaban J connectivity index is 1.89. The molecule has 2 aromatic rings. The van der Waals surface area contributed by atoms with E-state index in [0.717, 1.165) is 10.9 Å². The molecule has 1 aromatic carbocycles. The molecular formula is C14H12BrN3O3. The monoisotopic (exact) mass is 349 g/mol. The molecule has 0 aliphatic carbocycles. The molecule has 21 heavy (non-hydrogen) atoms. The quantitative estimate of drug-likeness (QED) is 0.792. The standard InChI is InChI=1S/C14H12BrN3O3/c1-2-3-12-16-11(17-21-12)7-18-10-5-4-8(15)6-9(10)13(19)14(18)20/h4-6H,2-3,7H2,1H3. The Hall–Kier alpha value is -2.02. The number of aryl methyl sites for hydroxylation is 1. The lowest BCUT2D eigenvalue weighted by molar-refractivity contribution is -0.114. The van der Waals surface area contributed by atoms with Crippen LogP contribution in [0.4, 0.5) is 5.69 Å². The zero-order valence-corrected chi connectivity index (χ0v) is 12.9. The van der Waals surface area contributed by atoms with Crippen LogP contribution >= 0.6 is 15.9 Å². The molecule has 0 fully saturated rings. The molecule has 0 saturated carbocycles. The number of Topliss-reactive ketones (excluding diaryl/α,β-unsaturated/α-hetero) is 1. The maximum atomic E-state index is 12.1. The van der Waals surface area contributed by atoms with E-state index < -0.39 is 11.7 Å². The summed E-state index contributed by atoms with van der Waals surface area (Å²) in [4.78, 5) is 29.7. The molecule has 0 atom stereocenters. The lowest BCUT2D eigenvalue weighted by Gasteiger charge is -2.13. The maximum absolute atomic E-state index is 12.1. The average molecular weight is 350 g/mol. The Bertz CT molecular complexity index is 726. The van der Waals surface area contributed by atoms with E-state index in [-0.39, 0.29) is 6.54 Å². The normalized spacial score (nSPS) is 13.9. The first-order chi connectivity index (χ1) is 10.1. The number of rotatable bonds is 4. The predicted octanol–water partition coefficient (Wildman–Crippen LogP) is 2.51. The number of benzene rings is 1. The summed E-state index contributed by atoms with van der Waals surface area (Å²) in [7, 11) is 0. The fourth-order valence-electron chi connectivity index (χ4n) is 2.24. The van der Waals surface area contributed by atoms with E-state index >= 15 is 0 Å². The molecular weight excluding hydrogens is 338 g/mol. The highest BCUT2D eigenvalue weighted by molar-refractivity contribution is 9.10. The van der Waals surface area contributed by atoms with E-state index in [9.17, 15) is 9.59 Å². The molecule has 0 radical (unpaired) electrons. The van der Waals surface area contributed by atoms with Crippen molar-refractivity contribution in [1.82, 2.24) is 10.1 Å². The molecule has 0 saturated heterocycles. The molecule has 0 N–H and O–H groups in total. The molecule has 1 aromatic heterocycles. The summed E-state index contributed by atoms with van der Waals surface area (Å²) in [5, 5.41) is 3.85. The molecule has 0 unspecified atom stereocenters. The second kappa shape index (κ2) is 5.40. The number of fused-ring (bicyclic) bond motifs is 1. The number of amides is 1. The first kappa shape index (κ1) is 13.9. The van der Waals surface area contributed by atoms with E-state index in [1.165, 1.54) is 4.90 Å². The number of carbonyl (C=O) groups excluding carboxylic acids is 2. The van der Waals surface area contributed by atoms with E-state index in [1.54, 1.807) is 18.2 Å². The Kier molecular flexibility index (Phi) is 3.59. The van der Waals surface area contributed by atoms with Gasteiger partial charge in [-0.1, -0.05) is 28.0 Å². The molecule has 6 nitrogen and oxygen atoms in total. The van der Waals surface area contributed by atoms with Crippen LogP contribution < -0.4 is 4.90 Å². The average Bonchev–Trinajstić information content (AvgIpc) is 2.99. The fraction of sp³-hybridized carbons (Fsp3) is 0.286. The van der Waals surface area contributed by atoms with Crippen LogP contribution in [-0.2, 0) is 17.8 Å². The summed E-state index contributed by atoms with van der Waals surface area (Å²) in [5.41, 5.74) is 0.974. The van der Waals surface area contributed by atoms with Crippen molar-refractivity contribution in [3.8, 4) is 0 Å². The van der Waals surface area contributed by atoms with Crippen LogP contribution in [0.25, 0.3) is 0 Å². The highest BCUT2D eigenvalue weighted by atomic mass is 79.9. The van der Waals surface area contributed by atoms with Gasteiger partial charge in [-0.05, 0) is 24.6 Å². The summed E-state index contributed by atoms with van der Waals surface area (Å²) in [5.74, 6) is -0.134. The van der Waals surface area contributed by atoms with Crippen molar-refractivity contribution in [3.63, 3.8) is 0 Å². The van der Waals surface area contributed by atoms with Gasteiger partial charge in [-0.15, -0.1) is 0 Å². The van der Waals surface area contributed by atoms with Gasteiger partial charge in [-0.2, -0.15) is 4.98 Å². The van der Waals surface area contributed by atoms with Crippen molar-refractivity contribution in [2.75, 3.05) is 4.90 Å². The van der Waals surface area contributed by atoms with Crippen molar-refractivity contribution in [2.24, 2.45) is 0 Å². The topological polar surface area (TPSA) is 76.3 Å². The van der Waals surface area contributed by atoms with Gasteiger partial charge in [0.15, 0.2) is 5.82 Å². The van der Waals surface area contributed by atoms with Crippen LogP contribution in [0.15, 0.2) is 27.2 Å². The van der Waals surface area contributed by atoms with Gasteiger partial charge in [0.25, 0.3) is 11.7 Å². The Morgan fingerprint density at radius 1 is 1.33 bits per heavy atom. The molecule has 0 bridgehead atoms. The highest BCUT2D eigenvalue weighted by Crippen LogP contribution is 2.32. The van der Waals surface area contributed by atoms with Gasteiger partial charge in [0.1, 0.15) is 0 Å². The number of carbonyl (C=O) groups is 2. The van der Waals surface area contributed by atoms with E-state index in [2.05, 4.69) is 26.1 Å². The van der Waals surface area contributed by atoms with Gasteiger partial charge in [0, 0.05) is 10.9 Å². The van der Waals surface area contributed by atoms with Crippen molar-refractivity contribution in [2.45, 2.75) is 26.3 Å². The summed E-state index contributed by atoms with van der Waals surface area (Å²) in [6.45, 7) is 2.15. The third-order valence-electron chi connectivity index (χ3n) is 3.21. The molecule has 1 amide bonds. The van der Waals surface area contributed by atoms with Crippen LogP contribution in [0.3, 0.4) is 0 Å². The van der Waals surface area contributed by atoms with E-state index in [1.807, 2.05) is 6.92 Å². The number of aromatic nitrogens is 2. The Labute approximate surface area is 129 Å². The molecule has 0 spiro atoms. The third kappa shape index (κ3) is 2.49. The van der Waals surface area contributed by atoms with Crippen LogP contribution in [0.5, 0.6) is 0 Å². The molecule has 1 aliphatic heterocycles. The van der Waals surface area contributed by atoms with Gasteiger partial charge in [0.2, 0.25) is 5.89 Å². The number of hydrogen-bond acceptors (Lipinski definition) is 5. The van der Waals surface area contributed by atoms with Gasteiger partial charge in [-0.3, -0.25) is 14.5 Å². The minimum atomic E-state index is -0.565. The number of hydrogen-bond donors (Lipinski definition) is 0. The van der Waals surface area contributed by atoms with E-state index in [4.69, 9.17) is 4.52 Å². The smallest absolute Gasteiger partial charge is 0.299 e. The fourth-order valence-corrected chi connectivity index (χ4v) is 2.60. The maximum Gasteiger partial charge on any atom is 0.299 e. The van der Waals surface area contributed by atoms with Gasteiger partial charge in [0.05, 0.1) is 17.8 Å². The Morgan fingerprint density at radius 2 is 2.14 bits per heavy atom. The van der Waals surface area contributed by atoms with E-state index in [0.29, 0.717) is 29.4 Å². The van der Waals surface area contributed by atoms with Crippen molar-refractivity contribution in [1.29, 1.82) is 0 Å². The molecule has 2 heterocycles. The second-order valence-electron chi connectivity index (χ2n) is 4.74. The van der Waals surface area contributed by atoms with Crippen molar-refractivity contribution in [3.05, 3.63) is 40.0 Å². The SMILES string of the molecule is CCCc1nc(CN2C(=O)C(=O)c3cc(Br)ccc32)no1. The molecule has 7 heteroatoms. The van der Waals surface area contributed by atoms with Gasteiger partial charge < -0.3 is 4.52 Å². The zero-order valence-electron chi connectivity index (χ0n) is 11.3. The van der Waals surface area contributed by atoms with Crippen molar-refractivity contribution >= 4 is 33.3 Å².